The fourth-order valence-electron chi connectivity index (χ4n) is 1.09. The van der Waals surface area contributed by atoms with E-state index in [1.54, 1.807) is 12.3 Å². The first-order valence-electron chi connectivity index (χ1n) is 4.61. The van der Waals surface area contributed by atoms with E-state index in [4.69, 9.17) is 0 Å². The molecule has 1 aromatic rings. The number of rotatable bonds is 5. The van der Waals surface area contributed by atoms with Gasteiger partial charge in [0.05, 0.1) is 5.75 Å². The van der Waals surface area contributed by atoms with Gasteiger partial charge in [0.1, 0.15) is 0 Å². The minimum Gasteiger partial charge on any atom is -0.384 e. The second kappa shape index (κ2) is 5.09. The van der Waals surface area contributed by atoms with Gasteiger partial charge < -0.3 is 5.32 Å². The largest absolute Gasteiger partial charge is 0.384 e. The Balaban J connectivity index is 2.45. The second-order valence-corrected chi connectivity index (χ2v) is 5.18. The van der Waals surface area contributed by atoms with Crippen LogP contribution in [0.2, 0.25) is 0 Å². The third-order valence-corrected chi connectivity index (χ3v) is 3.27. The molecule has 0 saturated heterocycles. The summed E-state index contributed by atoms with van der Waals surface area (Å²) in [6.45, 7) is 2.27. The summed E-state index contributed by atoms with van der Waals surface area (Å²) in [7, 11) is -1.72. The van der Waals surface area contributed by atoms with Gasteiger partial charge in [0.15, 0.2) is 0 Å². The number of pyridine rings is 1. The van der Waals surface area contributed by atoms with Gasteiger partial charge in [-0.2, -0.15) is 0 Å². The topological polar surface area (TPSA) is 71.1 Å². The summed E-state index contributed by atoms with van der Waals surface area (Å²) in [6.07, 6.45) is 1.68. The molecule has 1 rings (SSSR count). The number of sulfonamides is 1. The molecule has 0 aliphatic carbocycles. The average Bonchev–Trinajstić information content (AvgIpc) is 2.18. The maximum atomic E-state index is 11.1. The van der Waals surface area contributed by atoms with E-state index in [2.05, 4.69) is 15.0 Å². The fourth-order valence-corrected chi connectivity index (χ4v) is 1.66. The van der Waals surface area contributed by atoms with E-state index in [0.717, 1.165) is 11.4 Å². The lowest BCUT2D eigenvalue weighted by Crippen LogP contribution is -2.26. The van der Waals surface area contributed by atoms with Crippen LogP contribution in [0.25, 0.3) is 0 Å². The molecule has 0 spiro atoms. The molecule has 0 amide bonds. The molecule has 0 atom stereocenters. The molecule has 15 heavy (non-hydrogen) atoms. The highest BCUT2D eigenvalue weighted by Crippen LogP contribution is 2.06. The molecule has 84 valence electrons. The van der Waals surface area contributed by atoms with Gasteiger partial charge in [-0.15, -0.1) is 0 Å². The number of hydrogen-bond acceptors (Lipinski definition) is 4. The van der Waals surface area contributed by atoms with E-state index in [0.29, 0.717) is 6.54 Å². The first kappa shape index (κ1) is 11.9. The third-order valence-electron chi connectivity index (χ3n) is 1.91. The molecule has 0 unspecified atom stereocenters. The highest BCUT2D eigenvalue weighted by Gasteiger charge is 2.05. The molecule has 1 aromatic heterocycles. The highest BCUT2D eigenvalue weighted by molar-refractivity contribution is 7.89. The molecule has 0 aromatic carbocycles. The van der Waals surface area contributed by atoms with Crippen LogP contribution < -0.4 is 10.0 Å². The Kier molecular flexibility index (Phi) is 4.05. The number of nitrogens with one attached hydrogen (secondary N) is 2. The van der Waals surface area contributed by atoms with Crippen LogP contribution in [-0.4, -0.2) is 32.7 Å². The highest BCUT2D eigenvalue weighted by atomic mass is 32.2. The lowest BCUT2D eigenvalue weighted by Gasteiger charge is -2.06. The Morgan fingerprint density at radius 2 is 2.20 bits per heavy atom. The average molecular weight is 229 g/mol. The van der Waals surface area contributed by atoms with E-state index in [9.17, 15) is 8.42 Å². The van der Waals surface area contributed by atoms with Crippen molar-refractivity contribution in [2.45, 2.75) is 6.92 Å². The van der Waals surface area contributed by atoms with Crippen molar-refractivity contribution in [3.63, 3.8) is 0 Å². The van der Waals surface area contributed by atoms with Crippen LogP contribution >= 0.6 is 0 Å². The molecule has 0 saturated carbocycles. The van der Waals surface area contributed by atoms with Gasteiger partial charge in [0.2, 0.25) is 10.0 Å². The fraction of sp³-hybridized carbons (Fsp3) is 0.444. The summed E-state index contributed by atoms with van der Waals surface area (Å²) in [5, 5.41) is 3.02. The number of aromatic nitrogens is 1. The minimum absolute atomic E-state index is 0.0604. The second-order valence-electron chi connectivity index (χ2n) is 3.14. The molecular formula is C9H15N3O2S. The third kappa shape index (κ3) is 4.26. The van der Waals surface area contributed by atoms with Crippen LogP contribution in [-0.2, 0) is 10.0 Å². The lowest BCUT2D eigenvalue weighted by atomic mass is 10.3. The molecule has 0 aliphatic rings. The van der Waals surface area contributed by atoms with Crippen LogP contribution in [0.1, 0.15) is 5.69 Å². The van der Waals surface area contributed by atoms with Crippen molar-refractivity contribution in [2.24, 2.45) is 0 Å². The molecule has 6 heteroatoms. The SMILES string of the molecule is CNS(=O)(=O)CCNc1ccnc(C)c1. The first-order valence-corrected chi connectivity index (χ1v) is 6.26. The summed E-state index contributed by atoms with van der Waals surface area (Å²) in [5.41, 5.74) is 1.78. The Bertz CT molecular complexity index is 417. The molecule has 0 fully saturated rings. The standard InChI is InChI=1S/C9H15N3O2S/c1-8-7-9(3-4-11-8)12-5-6-15(13,14)10-2/h3-4,7,10H,5-6H2,1-2H3,(H,11,12). The van der Waals surface area contributed by atoms with Gasteiger partial charge in [-0.3, -0.25) is 4.98 Å². The summed E-state index contributed by atoms with van der Waals surface area (Å²) >= 11 is 0. The van der Waals surface area contributed by atoms with Gasteiger partial charge in [0.25, 0.3) is 0 Å². The zero-order chi connectivity index (χ0) is 11.3. The normalized spacial score (nSPS) is 11.3. The van der Waals surface area contributed by atoms with Crippen LogP contribution in [0.15, 0.2) is 18.3 Å². The molecular weight excluding hydrogens is 214 g/mol. The van der Waals surface area contributed by atoms with Gasteiger partial charge in [0, 0.05) is 24.1 Å². The van der Waals surface area contributed by atoms with Crippen molar-refractivity contribution < 1.29 is 8.42 Å². The number of aryl methyl sites for hydroxylation is 1. The molecule has 0 aliphatic heterocycles. The van der Waals surface area contributed by atoms with E-state index < -0.39 is 10.0 Å². The summed E-state index contributed by atoms with van der Waals surface area (Å²) in [4.78, 5) is 4.04. The minimum atomic E-state index is -3.13. The quantitative estimate of drug-likeness (QED) is 0.764. The van der Waals surface area contributed by atoms with E-state index in [1.165, 1.54) is 7.05 Å². The summed E-state index contributed by atoms with van der Waals surface area (Å²) < 4.78 is 24.4. The molecule has 0 radical (unpaired) electrons. The predicted octanol–water partition coefficient (Wildman–Crippen LogP) is 0.351. The summed E-state index contributed by atoms with van der Waals surface area (Å²) in [5.74, 6) is 0.0604. The first-order chi connectivity index (χ1) is 7.03. The summed E-state index contributed by atoms with van der Waals surface area (Å²) in [6, 6.07) is 3.67. The maximum absolute atomic E-state index is 11.1. The van der Waals surface area contributed by atoms with Crippen molar-refractivity contribution in [2.75, 3.05) is 24.7 Å². The van der Waals surface area contributed by atoms with Crippen LogP contribution in [0.3, 0.4) is 0 Å². The van der Waals surface area contributed by atoms with Crippen molar-refractivity contribution in [1.82, 2.24) is 9.71 Å². The zero-order valence-electron chi connectivity index (χ0n) is 8.82. The van der Waals surface area contributed by atoms with Gasteiger partial charge >= 0.3 is 0 Å². The van der Waals surface area contributed by atoms with Crippen LogP contribution in [0.4, 0.5) is 5.69 Å². The van der Waals surface area contributed by atoms with E-state index in [1.807, 2.05) is 13.0 Å². The van der Waals surface area contributed by atoms with E-state index in [-0.39, 0.29) is 5.75 Å². The monoisotopic (exact) mass is 229 g/mol. The zero-order valence-corrected chi connectivity index (χ0v) is 9.63. The van der Waals surface area contributed by atoms with Crippen molar-refractivity contribution in [3.05, 3.63) is 24.0 Å². The Morgan fingerprint density at radius 3 is 2.80 bits per heavy atom. The predicted molar refractivity (Wildman–Crippen MR) is 60.3 cm³/mol. The Morgan fingerprint density at radius 1 is 1.47 bits per heavy atom. The maximum Gasteiger partial charge on any atom is 0.213 e. The van der Waals surface area contributed by atoms with Crippen molar-refractivity contribution in [3.8, 4) is 0 Å². The van der Waals surface area contributed by atoms with Gasteiger partial charge in [-0.05, 0) is 26.1 Å². The smallest absolute Gasteiger partial charge is 0.213 e. The van der Waals surface area contributed by atoms with Crippen molar-refractivity contribution in [1.29, 1.82) is 0 Å². The Labute approximate surface area is 90.0 Å². The Hall–Kier alpha value is -1.14. The molecule has 0 bridgehead atoms. The van der Waals surface area contributed by atoms with Crippen LogP contribution in [0.5, 0.6) is 0 Å². The molecule has 2 N–H and O–H groups in total. The van der Waals surface area contributed by atoms with E-state index >= 15 is 0 Å². The van der Waals surface area contributed by atoms with Crippen molar-refractivity contribution >= 4 is 15.7 Å². The molecule has 1 heterocycles. The number of hydrogen-bond donors (Lipinski definition) is 2. The van der Waals surface area contributed by atoms with Crippen LogP contribution in [0, 0.1) is 6.92 Å². The number of nitrogens with zero attached hydrogens (tertiary/aromatic N) is 1. The number of anilines is 1. The molecule has 5 nitrogen and oxygen atoms in total. The van der Waals surface area contributed by atoms with Gasteiger partial charge in [-0.25, -0.2) is 13.1 Å². The lowest BCUT2D eigenvalue weighted by molar-refractivity contribution is 0.588. The van der Waals surface area contributed by atoms with Gasteiger partial charge in [-0.1, -0.05) is 0 Å².